The minimum absolute atomic E-state index is 0. The van der Waals surface area contributed by atoms with Crippen LogP contribution >= 0.6 is 12.4 Å². The summed E-state index contributed by atoms with van der Waals surface area (Å²) in [5, 5.41) is 0. The maximum atomic E-state index is 13.4. The van der Waals surface area contributed by atoms with Gasteiger partial charge in [0.05, 0.1) is 6.10 Å². The Labute approximate surface area is 158 Å². The standard InChI is InChI=1S/C20H34N2O2.ClH/c21-19-14-5-3-6-15(19)12-16(11-14)20(23)22(17-7-1-2-8-17)13-18-9-4-10-24-18;/h14-19H,1-13,21H2;1H. The average molecular weight is 371 g/mol. The maximum absolute atomic E-state index is 13.4. The van der Waals surface area contributed by atoms with Crippen LogP contribution in [-0.4, -0.2) is 42.1 Å². The Morgan fingerprint density at radius 1 is 0.960 bits per heavy atom. The van der Waals surface area contributed by atoms with Gasteiger partial charge in [0.2, 0.25) is 5.91 Å². The second kappa shape index (κ2) is 8.58. The van der Waals surface area contributed by atoms with Crippen LogP contribution in [0.4, 0.5) is 0 Å². The molecule has 0 spiro atoms. The zero-order valence-corrected chi connectivity index (χ0v) is 16.2. The summed E-state index contributed by atoms with van der Waals surface area (Å²) in [6.07, 6.45) is 13.3. The van der Waals surface area contributed by atoms with E-state index >= 15 is 0 Å². The molecule has 4 nitrogen and oxygen atoms in total. The molecule has 144 valence electrons. The van der Waals surface area contributed by atoms with Crippen molar-refractivity contribution in [3.05, 3.63) is 0 Å². The average Bonchev–Trinajstić information content (AvgIpc) is 3.25. The van der Waals surface area contributed by atoms with Gasteiger partial charge in [-0.15, -0.1) is 12.4 Å². The van der Waals surface area contributed by atoms with E-state index < -0.39 is 0 Å². The van der Waals surface area contributed by atoms with Gasteiger partial charge in [-0.1, -0.05) is 19.3 Å². The van der Waals surface area contributed by atoms with E-state index in [0.29, 0.717) is 29.8 Å². The molecule has 1 amide bonds. The number of fused-ring (bicyclic) bond motifs is 2. The fraction of sp³-hybridized carbons (Fsp3) is 0.950. The number of ether oxygens (including phenoxy) is 1. The molecule has 3 aliphatic carbocycles. The SMILES string of the molecule is Cl.NC1C2CCCC1CC(C(=O)N(CC1CCCO1)C1CCCC1)C2. The van der Waals surface area contributed by atoms with E-state index in [2.05, 4.69) is 4.90 Å². The van der Waals surface area contributed by atoms with E-state index in [0.717, 1.165) is 38.8 Å². The lowest BCUT2D eigenvalue weighted by atomic mass is 9.65. The molecule has 0 aromatic rings. The summed E-state index contributed by atoms with van der Waals surface area (Å²) in [5.74, 6) is 1.82. The highest BCUT2D eigenvalue weighted by atomic mass is 35.5. The zero-order chi connectivity index (χ0) is 16.5. The molecule has 2 N–H and O–H groups in total. The van der Waals surface area contributed by atoms with E-state index in [1.807, 2.05) is 0 Å². The molecule has 25 heavy (non-hydrogen) atoms. The highest BCUT2D eigenvalue weighted by molar-refractivity contribution is 5.85. The van der Waals surface area contributed by atoms with Gasteiger partial charge in [0.15, 0.2) is 0 Å². The van der Waals surface area contributed by atoms with Crippen molar-refractivity contribution in [3.8, 4) is 0 Å². The van der Waals surface area contributed by atoms with Crippen molar-refractivity contribution in [1.29, 1.82) is 0 Å². The molecule has 3 atom stereocenters. The van der Waals surface area contributed by atoms with Crippen LogP contribution in [0, 0.1) is 17.8 Å². The first-order chi connectivity index (χ1) is 11.7. The van der Waals surface area contributed by atoms with Crippen molar-refractivity contribution < 1.29 is 9.53 Å². The van der Waals surface area contributed by atoms with Crippen LogP contribution < -0.4 is 5.73 Å². The number of nitrogens with zero attached hydrogens (tertiary/aromatic N) is 1. The van der Waals surface area contributed by atoms with Crippen LogP contribution in [0.15, 0.2) is 0 Å². The minimum atomic E-state index is 0. The Bertz CT molecular complexity index is 435. The van der Waals surface area contributed by atoms with Crippen molar-refractivity contribution >= 4 is 18.3 Å². The number of hydrogen-bond acceptors (Lipinski definition) is 3. The molecule has 4 aliphatic rings. The van der Waals surface area contributed by atoms with Crippen LogP contribution in [0.2, 0.25) is 0 Å². The predicted octanol–water partition coefficient (Wildman–Crippen LogP) is 3.51. The fourth-order valence-electron chi connectivity index (χ4n) is 5.87. The Morgan fingerprint density at radius 2 is 1.64 bits per heavy atom. The summed E-state index contributed by atoms with van der Waals surface area (Å²) in [6.45, 7) is 1.71. The minimum Gasteiger partial charge on any atom is -0.376 e. The lowest BCUT2D eigenvalue weighted by Gasteiger charge is -2.45. The first-order valence-corrected chi connectivity index (χ1v) is 10.4. The van der Waals surface area contributed by atoms with Crippen molar-refractivity contribution in [3.63, 3.8) is 0 Å². The predicted molar refractivity (Wildman–Crippen MR) is 102 cm³/mol. The largest absolute Gasteiger partial charge is 0.376 e. The highest BCUT2D eigenvalue weighted by Gasteiger charge is 2.43. The summed E-state index contributed by atoms with van der Waals surface area (Å²) in [7, 11) is 0. The number of carbonyl (C=O) groups excluding carboxylic acids is 1. The van der Waals surface area contributed by atoms with Crippen molar-refractivity contribution in [1.82, 2.24) is 4.90 Å². The zero-order valence-electron chi connectivity index (χ0n) is 15.4. The second-order valence-electron chi connectivity index (χ2n) is 8.76. The normalized spacial score (nSPS) is 38.4. The molecule has 1 aliphatic heterocycles. The molecule has 1 heterocycles. The third-order valence-corrected chi connectivity index (χ3v) is 7.24. The monoisotopic (exact) mass is 370 g/mol. The van der Waals surface area contributed by atoms with Crippen LogP contribution in [0.5, 0.6) is 0 Å². The quantitative estimate of drug-likeness (QED) is 0.823. The van der Waals surface area contributed by atoms with E-state index in [1.54, 1.807) is 0 Å². The summed E-state index contributed by atoms with van der Waals surface area (Å²) < 4.78 is 5.86. The molecule has 5 heteroatoms. The third-order valence-electron chi connectivity index (χ3n) is 7.24. The molecule has 2 bridgehead atoms. The third kappa shape index (κ3) is 4.17. The number of halogens is 1. The first-order valence-electron chi connectivity index (χ1n) is 10.4. The number of rotatable bonds is 4. The van der Waals surface area contributed by atoms with Crippen LogP contribution in [-0.2, 0) is 9.53 Å². The molecular formula is C20H35ClN2O2. The number of carbonyl (C=O) groups is 1. The van der Waals surface area contributed by atoms with Gasteiger partial charge >= 0.3 is 0 Å². The van der Waals surface area contributed by atoms with E-state index in [9.17, 15) is 4.79 Å². The lowest BCUT2D eigenvalue weighted by molar-refractivity contribution is -0.142. The molecule has 0 aromatic heterocycles. The Kier molecular flexibility index (Phi) is 6.67. The highest BCUT2D eigenvalue weighted by Crippen LogP contribution is 2.43. The first kappa shape index (κ1) is 19.4. The number of hydrogen-bond donors (Lipinski definition) is 1. The Morgan fingerprint density at radius 3 is 2.24 bits per heavy atom. The number of amides is 1. The van der Waals surface area contributed by atoms with E-state index in [-0.39, 0.29) is 24.4 Å². The molecule has 4 rings (SSSR count). The number of nitrogens with two attached hydrogens (primary N) is 1. The fourth-order valence-corrected chi connectivity index (χ4v) is 5.87. The van der Waals surface area contributed by atoms with Gasteiger partial charge in [0.1, 0.15) is 0 Å². The molecule has 0 radical (unpaired) electrons. The Hall–Kier alpha value is -0.320. The molecule has 3 unspecified atom stereocenters. The van der Waals surface area contributed by atoms with Gasteiger partial charge in [0, 0.05) is 31.2 Å². The topological polar surface area (TPSA) is 55.6 Å². The van der Waals surface area contributed by atoms with Crippen molar-refractivity contribution in [2.75, 3.05) is 13.2 Å². The van der Waals surface area contributed by atoms with Gasteiger partial charge in [0.25, 0.3) is 0 Å². The summed E-state index contributed by atoms with van der Waals surface area (Å²) in [6, 6.07) is 0.818. The molecule has 4 fully saturated rings. The van der Waals surface area contributed by atoms with Gasteiger partial charge < -0.3 is 15.4 Å². The van der Waals surface area contributed by atoms with Crippen LogP contribution in [0.3, 0.4) is 0 Å². The smallest absolute Gasteiger partial charge is 0.226 e. The molecular weight excluding hydrogens is 336 g/mol. The van der Waals surface area contributed by atoms with Gasteiger partial charge in [-0.25, -0.2) is 0 Å². The van der Waals surface area contributed by atoms with E-state index in [4.69, 9.17) is 10.5 Å². The second-order valence-corrected chi connectivity index (χ2v) is 8.76. The molecule has 1 saturated heterocycles. The van der Waals surface area contributed by atoms with Crippen LogP contribution in [0.1, 0.15) is 70.6 Å². The van der Waals surface area contributed by atoms with Crippen molar-refractivity contribution in [2.24, 2.45) is 23.5 Å². The summed E-state index contributed by atoms with van der Waals surface area (Å²) >= 11 is 0. The summed E-state index contributed by atoms with van der Waals surface area (Å²) in [4.78, 5) is 15.7. The lowest BCUT2D eigenvalue weighted by Crippen LogP contribution is -2.52. The molecule has 0 aromatic carbocycles. The van der Waals surface area contributed by atoms with Crippen LogP contribution in [0.25, 0.3) is 0 Å². The summed E-state index contributed by atoms with van der Waals surface area (Å²) in [5.41, 5.74) is 6.43. The van der Waals surface area contributed by atoms with Gasteiger partial charge in [-0.3, -0.25) is 4.79 Å². The maximum Gasteiger partial charge on any atom is 0.226 e. The van der Waals surface area contributed by atoms with Crippen molar-refractivity contribution in [2.45, 2.75) is 88.8 Å². The molecule has 3 saturated carbocycles. The Balaban J connectivity index is 0.00000182. The van der Waals surface area contributed by atoms with Gasteiger partial charge in [-0.2, -0.15) is 0 Å². The van der Waals surface area contributed by atoms with Gasteiger partial charge in [-0.05, 0) is 63.2 Å². The van der Waals surface area contributed by atoms with E-state index in [1.165, 1.54) is 44.9 Å².